The minimum absolute atomic E-state index is 0.00807. The molecule has 2 unspecified atom stereocenters. The van der Waals surface area contributed by atoms with E-state index in [9.17, 15) is 25.2 Å². The Hall–Kier alpha value is -1.79. The second-order valence-corrected chi connectivity index (χ2v) is 5.42. The molecule has 0 amide bonds. The number of aliphatic hydroxyl groups excluding tert-OH is 5. The van der Waals surface area contributed by atoms with Gasteiger partial charge < -0.3 is 45.2 Å². The van der Waals surface area contributed by atoms with Crippen molar-refractivity contribution in [2.45, 2.75) is 19.1 Å². The molecule has 0 aliphatic heterocycles. The maximum atomic E-state index is 10.1. The van der Waals surface area contributed by atoms with Crippen LogP contribution in [-0.4, -0.2) is 87.8 Å². The van der Waals surface area contributed by atoms with Crippen LogP contribution < -0.4 is 0 Å². The number of Topliss-reactive ketones (excluding diaryl/α,β-unsaturated/α-hetero) is 1. The number of aromatic hydroxyl groups is 2. The van der Waals surface area contributed by atoms with Gasteiger partial charge in [-0.25, -0.2) is 0 Å². The van der Waals surface area contributed by atoms with E-state index in [1.165, 1.54) is 19.1 Å². The van der Waals surface area contributed by atoms with Crippen LogP contribution in [0.1, 0.15) is 30.3 Å². The average Bonchev–Trinajstić information content (AvgIpc) is 2.63. The van der Waals surface area contributed by atoms with E-state index in [0.29, 0.717) is 0 Å². The third-order valence-electron chi connectivity index (χ3n) is 3.15. The summed E-state index contributed by atoms with van der Waals surface area (Å²) < 4.78 is 9.98. The van der Waals surface area contributed by atoms with Gasteiger partial charge in [0.05, 0.1) is 39.6 Å². The Kier molecular flexibility index (Phi) is 13.3. The molecule has 0 radical (unpaired) electrons. The van der Waals surface area contributed by atoms with Gasteiger partial charge in [-0.15, -0.1) is 0 Å². The molecule has 0 heterocycles. The van der Waals surface area contributed by atoms with Crippen molar-refractivity contribution in [3.05, 3.63) is 23.3 Å². The summed E-state index contributed by atoms with van der Waals surface area (Å²) in [5, 5.41) is 65.0. The molecule has 0 saturated heterocycles. The zero-order valence-electron chi connectivity index (χ0n) is 15.1. The van der Waals surface area contributed by atoms with Crippen LogP contribution in [0.2, 0.25) is 0 Å². The van der Waals surface area contributed by atoms with E-state index < -0.39 is 12.2 Å². The molecule has 156 valence electrons. The number of phenolic OH excluding ortho intramolecular Hbond substituents is 2. The summed E-state index contributed by atoms with van der Waals surface area (Å²) in [6.07, 6.45) is -2.61. The first-order valence-electron chi connectivity index (χ1n) is 8.18. The first kappa shape index (κ1) is 25.2. The SMILES string of the molecule is CC(=O)CO.OCCOCC(O)c1c(O)ccc(O)c1C(O)COCCO. The second-order valence-electron chi connectivity index (χ2n) is 5.42. The molecule has 0 saturated carbocycles. The van der Waals surface area contributed by atoms with Gasteiger partial charge in [-0.2, -0.15) is 0 Å². The summed E-state index contributed by atoms with van der Waals surface area (Å²) in [5.41, 5.74) is -0.143. The molecule has 0 fully saturated rings. The summed E-state index contributed by atoms with van der Waals surface area (Å²) in [7, 11) is 0. The van der Waals surface area contributed by atoms with Crippen molar-refractivity contribution in [3.63, 3.8) is 0 Å². The predicted octanol–water partition coefficient (Wildman–Crippen LogP) is -1.25. The highest BCUT2D eigenvalue weighted by Crippen LogP contribution is 2.38. The van der Waals surface area contributed by atoms with Crippen LogP contribution in [0.15, 0.2) is 12.1 Å². The van der Waals surface area contributed by atoms with Gasteiger partial charge >= 0.3 is 0 Å². The van der Waals surface area contributed by atoms with E-state index >= 15 is 0 Å². The molecule has 1 rings (SSSR count). The van der Waals surface area contributed by atoms with Gasteiger partial charge in [0, 0.05) is 11.1 Å². The number of hydrogen-bond donors (Lipinski definition) is 7. The number of aliphatic hydroxyl groups is 5. The monoisotopic (exact) mass is 392 g/mol. The van der Waals surface area contributed by atoms with E-state index in [0.717, 1.165) is 0 Å². The Morgan fingerprint density at radius 3 is 1.48 bits per heavy atom. The number of phenols is 2. The van der Waals surface area contributed by atoms with Crippen molar-refractivity contribution in [3.8, 4) is 11.5 Å². The predicted molar refractivity (Wildman–Crippen MR) is 93.3 cm³/mol. The van der Waals surface area contributed by atoms with Crippen LogP contribution in [0.4, 0.5) is 0 Å². The molecule has 27 heavy (non-hydrogen) atoms. The average molecular weight is 392 g/mol. The third kappa shape index (κ3) is 9.63. The van der Waals surface area contributed by atoms with Crippen molar-refractivity contribution in [2.24, 2.45) is 0 Å². The Bertz CT molecular complexity index is 508. The lowest BCUT2D eigenvalue weighted by molar-refractivity contribution is -0.119. The first-order chi connectivity index (χ1) is 12.8. The number of rotatable bonds is 11. The van der Waals surface area contributed by atoms with Gasteiger partial charge in [0.1, 0.15) is 30.3 Å². The van der Waals surface area contributed by atoms with Gasteiger partial charge in [-0.3, -0.25) is 4.79 Å². The van der Waals surface area contributed by atoms with Crippen molar-refractivity contribution in [1.29, 1.82) is 0 Å². The molecular formula is C17H28O10. The number of carbonyl (C=O) groups is 1. The fourth-order valence-corrected chi connectivity index (χ4v) is 2.00. The van der Waals surface area contributed by atoms with Crippen LogP contribution in [0.25, 0.3) is 0 Å². The van der Waals surface area contributed by atoms with Crippen molar-refractivity contribution in [1.82, 2.24) is 0 Å². The highest BCUT2D eigenvalue weighted by Gasteiger charge is 2.25. The van der Waals surface area contributed by atoms with Gasteiger partial charge in [0.15, 0.2) is 5.78 Å². The molecule has 10 nitrogen and oxygen atoms in total. The molecule has 10 heteroatoms. The van der Waals surface area contributed by atoms with E-state index in [1.807, 2.05) is 0 Å². The zero-order valence-corrected chi connectivity index (χ0v) is 15.1. The van der Waals surface area contributed by atoms with Crippen molar-refractivity contribution >= 4 is 5.78 Å². The van der Waals surface area contributed by atoms with Gasteiger partial charge in [0.2, 0.25) is 0 Å². The van der Waals surface area contributed by atoms with Crippen LogP contribution in [0.5, 0.6) is 11.5 Å². The van der Waals surface area contributed by atoms with Gasteiger partial charge in [-0.05, 0) is 19.1 Å². The highest BCUT2D eigenvalue weighted by molar-refractivity contribution is 5.76. The maximum Gasteiger partial charge on any atom is 0.155 e. The molecule has 1 aromatic rings. The zero-order chi connectivity index (χ0) is 20.8. The summed E-state index contributed by atoms with van der Waals surface area (Å²) >= 11 is 0. The lowest BCUT2D eigenvalue weighted by atomic mass is 9.96. The quantitative estimate of drug-likeness (QED) is 0.178. The largest absolute Gasteiger partial charge is 0.508 e. The Labute approximate surface area is 156 Å². The maximum absolute atomic E-state index is 10.1. The van der Waals surface area contributed by atoms with Crippen molar-refractivity contribution < 1.29 is 50.0 Å². The standard InChI is InChI=1S/C14H22O8.C3H6O2/c15-3-5-21-7-11(19)13-9(17)1-2-10(18)14(13)12(20)8-22-6-4-16;1-3(5)2-4/h1-2,11-12,15-20H,3-8H2;4H,2H2,1H3. The molecule has 1 aromatic carbocycles. The van der Waals surface area contributed by atoms with E-state index in [4.69, 9.17) is 24.8 Å². The number of carbonyl (C=O) groups excluding carboxylic acids is 1. The Morgan fingerprint density at radius 1 is 0.889 bits per heavy atom. The van der Waals surface area contributed by atoms with E-state index in [2.05, 4.69) is 0 Å². The molecular weight excluding hydrogens is 364 g/mol. The van der Waals surface area contributed by atoms with Crippen LogP contribution in [-0.2, 0) is 14.3 Å². The normalized spacial score (nSPS) is 12.8. The number of ether oxygens (including phenoxy) is 2. The van der Waals surface area contributed by atoms with E-state index in [-0.39, 0.29) is 74.7 Å². The van der Waals surface area contributed by atoms with Crippen molar-refractivity contribution in [2.75, 3.05) is 46.2 Å². The minimum Gasteiger partial charge on any atom is -0.508 e. The van der Waals surface area contributed by atoms with Crippen LogP contribution >= 0.6 is 0 Å². The topological polar surface area (TPSA) is 177 Å². The minimum atomic E-state index is -1.30. The third-order valence-corrected chi connectivity index (χ3v) is 3.15. The fraction of sp³-hybridized carbons (Fsp3) is 0.588. The lowest BCUT2D eigenvalue weighted by Gasteiger charge is -2.21. The second kappa shape index (κ2) is 14.3. The molecule has 0 aromatic heterocycles. The van der Waals surface area contributed by atoms with Gasteiger partial charge in [-0.1, -0.05) is 0 Å². The summed E-state index contributed by atoms with van der Waals surface area (Å²) in [5.74, 6) is -0.812. The molecule has 0 aliphatic carbocycles. The molecule has 0 spiro atoms. The summed E-state index contributed by atoms with van der Waals surface area (Å²) in [6.45, 7) is 0.123. The summed E-state index contributed by atoms with van der Waals surface area (Å²) in [6, 6.07) is 2.37. The molecule has 7 N–H and O–H groups in total. The van der Waals surface area contributed by atoms with E-state index in [1.54, 1.807) is 0 Å². The fourth-order valence-electron chi connectivity index (χ4n) is 2.00. The number of ketones is 1. The number of benzene rings is 1. The highest BCUT2D eigenvalue weighted by atomic mass is 16.5. The van der Waals surface area contributed by atoms with Crippen LogP contribution in [0.3, 0.4) is 0 Å². The molecule has 2 atom stereocenters. The molecule has 0 aliphatic rings. The van der Waals surface area contributed by atoms with Crippen LogP contribution in [0, 0.1) is 0 Å². The first-order valence-corrected chi connectivity index (χ1v) is 8.18. The Balaban J connectivity index is 0.00000119. The van der Waals surface area contributed by atoms with Gasteiger partial charge in [0.25, 0.3) is 0 Å². The Morgan fingerprint density at radius 2 is 1.22 bits per heavy atom. The summed E-state index contributed by atoms with van der Waals surface area (Å²) in [4.78, 5) is 9.56. The number of hydrogen-bond acceptors (Lipinski definition) is 10. The molecule has 0 bridgehead atoms. The lowest BCUT2D eigenvalue weighted by Crippen LogP contribution is -2.16. The smallest absolute Gasteiger partial charge is 0.155 e.